The highest BCUT2D eigenvalue weighted by Crippen LogP contribution is 2.25. The van der Waals surface area contributed by atoms with Crippen molar-refractivity contribution in [2.24, 2.45) is 0 Å². The number of aromatic nitrogens is 3. The van der Waals surface area contributed by atoms with Crippen LogP contribution in [0.4, 0.5) is 0 Å². The first-order chi connectivity index (χ1) is 13.3. The van der Waals surface area contributed by atoms with Gasteiger partial charge in [0.25, 0.3) is 0 Å². The first kappa shape index (κ1) is 19.5. The minimum atomic E-state index is -0.497. The molecule has 0 bridgehead atoms. The molecular formula is C21H23N3O4. The van der Waals surface area contributed by atoms with Crippen LogP contribution >= 0.6 is 0 Å². The Bertz CT molecular complexity index is 1020. The third-order valence-corrected chi connectivity index (χ3v) is 4.37. The Morgan fingerprint density at radius 1 is 1.04 bits per heavy atom. The molecule has 0 fully saturated rings. The number of hydrogen-bond donors (Lipinski definition) is 0. The van der Waals surface area contributed by atoms with Gasteiger partial charge in [0.2, 0.25) is 0 Å². The van der Waals surface area contributed by atoms with E-state index in [1.165, 1.54) is 7.11 Å². The Labute approximate surface area is 163 Å². The third-order valence-electron chi connectivity index (χ3n) is 4.37. The highest BCUT2D eigenvalue weighted by Gasteiger charge is 2.20. The van der Waals surface area contributed by atoms with Crippen LogP contribution in [-0.2, 0) is 4.74 Å². The average Bonchev–Trinajstić information content (AvgIpc) is 3.11. The number of ether oxygens (including phenoxy) is 2. The molecule has 0 radical (unpaired) electrons. The number of benzene rings is 1. The van der Waals surface area contributed by atoms with Gasteiger partial charge in [0.1, 0.15) is 5.75 Å². The summed E-state index contributed by atoms with van der Waals surface area (Å²) in [7, 11) is 1.31. The van der Waals surface area contributed by atoms with Crippen LogP contribution in [0, 0.1) is 0 Å². The fourth-order valence-corrected chi connectivity index (χ4v) is 2.82. The van der Waals surface area contributed by atoms with Crippen molar-refractivity contribution in [1.82, 2.24) is 14.8 Å². The van der Waals surface area contributed by atoms with Crippen LogP contribution in [0.3, 0.4) is 0 Å². The van der Waals surface area contributed by atoms with Crippen molar-refractivity contribution >= 4 is 23.0 Å². The fourth-order valence-electron chi connectivity index (χ4n) is 2.82. The van der Waals surface area contributed by atoms with E-state index in [1.54, 1.807) is 41.2 Å². The van der Waals surface area contributed by atoms with E-state index >= 15 is 0 Å². The molecule has 2 heterocycles. The highest BCUT2D eigenvalue weighted by molar-refractivity contribution is 6.03. The van der Waals surface area contributed by atoms with Crippen LogP contribution in [0.15, 0.2) is 36.5 Å². The van der Waals surface area contributed by atoms with E-state index < -0.39 is 11.9 Å². The third kappa shape index (κ3) is 3.74. The highest BCUT2D eigenvalue weighted by atomic mass is 16.5. The zero-order valence-electron chi connectivity index (χ0n) is 16.6. The molecule has 0 N–H and O–H groups in total. The molecule has 0 saturated heterocycles. The predicted molar refractivity (Wildman–Crippen MR) is 105 cm³/mol. The molecule has 0 aliphatic carbocycles. The van der Waals surface area contributed by atoms with Crippen molar-refractivity contribution in [1.29, 1.82) is 0 Å². The van der Waals surface area contributed by atoms with E-state index in [0.717, 1.165) is 5.69 Å². The van der Waals surface area contributed by atoms with E-state index in [9.17, 15) is 9.59 Å². The minimum absolute atomic E-state index is 0.113. The number of carbonyl (C=O) groups excluding carboxylic acids is 2. The van der Waals surface area contributed by atoms with Gasteiger partial charge in [0.05, 0.1) is 29.8 Å². The van der Waals surface area contributed by atoms with Crippen LogP contribution in [0.2, 0.25) is 0 Å². The summed E-state index contributed by atoms with van der Waals surface area (Å²) >= 11 is 0. The molecule has 0 unspecified atom stereocenters. The molecule has 1 aromatic carbocycles. The summed E-state index contributed by atoms with van der Waals surface area (Å²) in [5.74, 6) is -0.462. The molecule has 0 amide bonds. The Balaban J connectivity index is 1.97. The zero-order valence-corrected chi connectivity index (χ0v) is 16.6. The van der Waals surface area contributed by atoms with Gasteiger partial charge >= 0.3 is 11.9 Å². The van der Waals surface area contributed by atoms with Gasteiger partial charge in [-0.3, -0.25) is 0 Å². The van der Waals surface area contributed by atoms with Crippen molar-refractivity contribution in [2.45, 2.75) is 39.7 Å². The number of pyridine rings is 1. The van der Waals surface area contributed by atoms with Crippen LogP contribution < -0.4 is 4.74 Å². The van der Waals surface area contributed by atoms with Gasteiger partial charge in [0, 0.05) is 11.7 Å². The quantitative estimate of drug-likeness (QED) is 0.488. The maximum absolute atomic E-state index is 12.9. The van der Waals surface area contributed by atoms with Crippen molar-refractivity contribution in [3.05, 3.63) is 53.3 Å². The normalized spacial score (nSPS) is 11.2. The molecule has 3 aromatic rings. The lowest BCUT2D eigenvalue weighted by molar-refractivity contribution is 0.0600. The number of hydrogen-bond acceptors (Lipinski definition) is 6. The van der Waals surface area contributed by atoms with Crippen LogP contribution in [0.25, 0.3) is 11.0 Å². The molecule has 0 saturated carbocycles. The summed E-state index contributed by atoms with van der Waals surface area (Å²) < 4.78 is 12.0. The summed E-state index contributed by atoms with van der Waals surface area (Å²) in [4.78, 5) is 29.1. The maximum atomic E-state index is 12.9. The smallest absolute Gasteiger partial charge is 0.344 e. The largest absolute Gasteiger partial charge is 0.465 e. The fraction of sp³-hybridized carbons (Fsp3) is 0.333. The second-order valence-corrected chi connectivity index (χ2v) is 7.08. The van der Waals surface area contributed by atoms with E-state index in [4.69, 9.17) is 4.74 Å². The molecule has 2 aromatic heterocycles. The maximum Gasteiger partial charge on any atom is 0.344 e. The lowest BCUT2D eigenvalue weighted by atomic mass is 10.1. The van der Waals surface area contributed by atoms with E-state index in [2.05, 4.69) is 14.8 Å². The van der Waals surface area contributed by atoms with E-state index in [1.807, 2.05) is 27.7 Å². The summed E-state index contributed by atoms with van der Waals surface area (Å²) in [5.41, 5.74) is 2.25. The number of methoxy groups -OCH3 is 1. The number of esters is 2. The number of rotatable bonds is 5. The lowest BCUT2D eigenvalue weighted by Crippen LogP contribution is -2.12. The van der Waals surface area contributed by atoms with Crippen molar-refractivity contribution in [2.75, 3.05) is 7.11 Å². The minimum Gasteiger partial charge on any atom is -0.465 e. The van der Waals surface area contributed by atoms with E-state index in [-0.39, 0.29) is 12.0 Å². The van der Waals surface area contributed by atoms with Gasteiger partial charge in [0.15, 0.2) is 5.65 Å². The SMILES string of the molecule is COC(=O)c1ccc(OC(=O)c2cc(C(C)C)nc3c2cnn3C(C)C)cc1. The van der Waals surface area contributed by atoms with Gasteiger partial charge in [-0.1, -0.05) is 13.8 Å². The van der Waals surface area contributed by atoms with Crippen LogP contribution in [0.1, 0.15) is 66.1 Å². The molecule has 7 heteroatoms. The first-order valence-electron chi connectivity index (χ1n) is 9.10. The number of fused-ring (bicyclic) bond motifs is 1. The molecule has 28 heavy (non-hydrogen) atoms. The zero-order chi connectivity index (χ0) is 20.4. The van der Waals surface area contributed by atoms with Crippen LogP contribution in [0.5, 0.6) is 5.75 Å². The summed E-state index contributed by atoms with van der Waals surface area (Å²) in [6.45, 7) is 8.06. The Hall–Kier alpha value is -3.22. The van der Waals surface area contributed by atoms with Gasteiger partial charge in [-0.05, 0) is 50.1 Å². The second kappa shape index (κ2) is 7.80. The van der Waals surface area contributed by atoms with Crippen LogP contribution in [-0.4, -0.2) is 33.8 Å². The summed E-state index contributed by atoms with van der Waals surface area (Å²) in [5, 5.41) is 5.03. The monoisotopic (exact) mass is 381 g/mol. The van der Waals surface area contributed by atoms with Crippen molar-refractivity contribution in [3.63, 3.8) is 0 Å². The number of nitrogens with zero attached hydrogens (tertiary/aromatic N) is 3. The van der Waals surface area contributed by atoms with Gasteiger partial charge in [-0.15, -0.1) is 0 Å². The summed E-state index contributed by atoms with van der Waals surface area (Å²) in [6, 6.07) is 8.08. The van der Waals surface area contributed by atoms with Gasteiger partial charge in [-0.2, -0.15) is 5.10 Å². The molecule has 146 valence electrons. The topological polar surface area (TPSA) is 83.3 Å². The summed E-state index contributed by atoms with van der Waals surface area (Å²) in [6.07, 6.45) is 1.64. The Morgan fingerprint density at radius 2 is 1.71 bits per heavy atom. The number of carbonyl (C=O) groups is 2. The molecule has 3 rings (SSSR count). The lowest BCUT2D eigenvalue weighted by Gasteiger charge is -2.12. The molecule has 0 aliphatic heterocycles. The average molecular weight is 381 g/mol. The Morgan fingerprint density at radius 3 is 2.29 bits per heavy atom. The second-order valence-electron chi connectivity index (χ2n) is 7.08. The van der Waals surface area contributed by atoms with Crippen molar-refractivity contribution in [3.8, 4) is 5.75 Å². The molecule has 7 nitrogen and oxygen atoms in total. The van der Waals surface area contributed by atoms with Crippen molar-refractivity contribution < 1.29 is 19.1 Å². The van der Waals surface area contributed by atoms with Gasteiger partial charge in [-0.25, -0.2) is 19.3 Å². The van der Waals surface area contributed by atoms with Gasteiger partial charge < -0.3 is 9.47 Å². The first-order valence-corrected chi connectivity index (χ1v) is 9.10. The standard InChI is InChI=1S/C21H23N3O4/c1-12(2)18-10-16(17-11-22-24(13(3)4)19(17)23-18)21(26)28-15-8-6-14(7-9-15)20(25)27-5/h6-13H,1-5H3. The molecule has 0 spiro atoms. The molecule has 0 aliphatic rings. The van der Waals surface area contributed by atoms with E-state index in [0.29, 0.717) is 27.9 Å². The molecule has 0 atom stereocenters. The predicted octanol–water partition coefficient (Wildman–Crippen LogP) is 4.14. The molecular weight excluding hydrogens is 358 g/mol. The Kier molecular flexibility index (Phi) is 5.44.